The lowest BCUT2D eigenvalue weighted by atomic mass is 9.99. The summed E-state index contributed by atoms with van der Waals surface area (Å²) in [5.41, 5.74) is 4.76. The Morgan fingerprint density at radius 2 is 2.03 bits per heavy atom. The van der Waals surface area contributed by atoms with E-state index in [0.717, 1.165) is 33.1 Å². The highest BCUT2D eigenvalue weighted by molar-refractivity contribution is 6.14. The number of nitrogens with one attached hydrogen (secondary N) is 1. The molecule has 0 amide bonds. The van der Waals surface area contributed by atoms with Gasteiger partial charge in [-0.3, -0.25) is 14.3 Å². The SMILES string of the molecule is COc1ccc(-c2c3c[nH]n(C)c3nc3c2oc2cc(=O)ccc23)cc1COC(C)=O. The Kier molecular flexibility index (Phi) is 4.28. The Morgan fingerprint density at radius 3 is 2.81 bits per heavy atom. The number of hydrogen-bond acceptors (Lipinski definition) is 6. The van der Waals surface area contributed by atoms with Gasteiger partial charge in [0.1, 0.15) is 23.5 Å². The largest absolute Gasteiger partial charge is 0.496 e. The molecule has 3 heterocycles. The van der Waals surface area contributed by atoms with Crippen LogP contribution >= 0.6 is 0 Å². The average Bonchev–Trinajstić information content (AvgIpc) is 3.30. The molecule has 0 spiro atoms. The minimum atomic E-state index is -0.371. The van der Waals surface area contributed by atoms with Crippen molar-refractivity contribution in [3.63, 3.8) is 0 Å². The number of ether oxygens (including phenoxy) is 2. The van der Waals surface area contributed by atoms with Crippen molar-refractivity contribution in [2.24, 2.45) is 7.05 Å². The molecular formula is C23H19N3O5. The van der Waals surface area contributed by atoms with Gasteiger partial charge in [0.25, 0.3) is 0 Å². The van der Waals surface area contributed by atoms with E-state index in [2.05, 4.69) is 5.10 Å². The number of H-pyrrole nitrogens is 1. The van der Waals surface area contributed by atoms with E-state index >= 15 is 0 Å². The standard InChI is InChI=1S/C23H19N3O5/c1-12(27)30-11-14-8-13(4-7-18(14)29-3)20-17-10-24-26(2)23(17)25-21-16-6-5-15(28)9-19(16)31-22(20)21/h4-10,24H,11H2,1-3H3. The molecule has 2 aromatic carbocycles. The van der Waals surface area contributed by atoms with Gasteiger partial charge in [-0.25, -0.2) is 4.98 Å². The molecule has 156 valence electrons. The molecule has 5 rings (SSSR count). The van der Waals surface area contributed by atoms with Crippen molar-refractivity contribution in [3.8, 4) is 16.9 Å². The van der Waals surface area contributed by atoms with Gasteiger partial charge in [-0.2, -0.15) is 0 Å². The molecule has 0 radical (unpaired) electrons. The Hall–Kier alpha value is -4.07. The molecule has 0 atom stereocenters. The van der Waals surface area contributed by atoms with E-state index in [1.54, 1.807) is 13.2 Å². The lowest BCUT2D eigenvalue weighted by Crippen LogP contribution is -2.01. The van der Waals surface area contributed by atoms with Crippen molar-refractivity contribution >= 4 is 39.1 Å². The number of esters is 1. The van der Waals surface area contributed by atoms with Crippen molar-refractivity contribution in [2.75, 3.05) is 7.11 Å². The summed E-state index contributed by atoms with van der Waals surface area (Å²) in [5.74, 6) is 0.247. The van der Waals surface area contributed by atoms with Crippen molar-refractivity contribution in [2.45, 2.75) is 13.5 Å². The van der Waals surface area contributed by atoms with Gasteiger partial charge in [-0.05, 0) is 29.8 Å². The molecule has 0 fully saturated rings. The van der Waals surface area contributed by atoms with Crippen LogP contribution in [0.3, 0.4) is 0 Å². The van der Waals surface area contributed by atoms with Gasteiger partial charge in [-0.15, -0.1) is 0 Å². The number of nitrogens with zero attached hydrogens (tertiary/aromatic N) is 2. The highest BCUT2D eigenvalue weighted by Crippen LogP contribution is 2.40. The topological polar surface area (TPSA) is 99.4 Å². The van der Waals surface area contributed by atoms with Gasteiger partial charge in [0, 0.05) is 48.1 Å². The van der Waals surface area contributed by atoms with Crippen LogP contribution in [0.15, 0.2) is 51.8 Å². The van der Waals surface area contributed by atoms with Gasteiger partial charge >= 0.3 is 5.97 Å². The summed E-state index contributed by atoms with van der Waals surface area (Å²) in [6.07, 6.45) is 1.86. The predicted molar refractivity (Wildman–Crippen MR) is 116 cm³/mol. The number of furan rings is 1. The van der Waals surface area contributed by atoms with Crippen molar-refractivity contribution in [3.05, 3.63) is 58.4 Å². The Labute approximate surface area is 176 Å². The number of carbonyl (C=O) groups is 1. The van der Waals surface area contributed by atoms with Crippen LogP contribution in [-0.2, 0) is 23.2 Å². The zero-order valence-electron chi connectivity index (χ0n) is 17.2. The average molecular weight is 417 g/mol. The third-order valence-electron chi connectivity index (χ3n) is 5.31. The fourth-order valence-electron chi connectivity index (χ4n) is 3.87. The molecule has 0 bridgehead atoms. The van der Waals surface area contributed by atoms with Crippen LogP contribution in [0.25, 0.3) is 44.2 Å². The van der Waals surface area contributed by atoms with E-state index in [9.17, 15) is 9.59 Å². The molecule has 5 aromatic rings. The lowest BCUT2D eigenvalue weighted by molar-refractivity contribution is -0.142. The molecule has 0 saturated carbocycles. The molecule has 8 nitrogen and oxygen atoms in total. The highest BCUT2D eigenvalue weighted by Gasteiger charge is 2.20. The normalized spacial score (nSPS) is 11.5. The smallest absolute Gasteiger partial charge is 0.302 e. The highest BCUT2D eigenvalue weighted by atomic mass is 16.5. The number of hydrogen-bond donors (Lipinski definition) is 1. The van der Waals surface area contributed by atoms with Crippen LogP contribution < -0.4 is 10.2 Å². The van der Waals surface area contributed by atoms with Crippen LogP contribution in [0.5, 0.6) is 5.75 Å². The number of pyridine rings is 1. The third kappa shape index (κ3) is 3.04. The Bertz CT molecular complexity index is 1540. The van der Waals surface area contributed by atoms with E-state index < -0.39 is 0 Å². The molecule has 0 aliphatic carbocycles. The lowest BCUT2D eigenvalue weighted by Gasteiger charge is -2.12. The zero-order valence-corrected chi connectivity index (χ0v) is 17.2. The van der Waals surface area contributed by atoms with Crippen LogP contribution in [0.1, 0.15) is 12.5 Å². The first-order valence-corrected chi connectivity index (χ1v) is 9.67. The monoisotopic (exact) mass is 417 g/mol. The number of carbonyl (C=O) groups excluding carboxylic acids is 1. The number of aromatic nitrogens is 3. The third-order valence-corrected chi connectivity index (χ3v) is 5.31. The van der Waals surface area contributed by atoms with E-state index in [0.29, 0.717) is 22.4 Å². The summed E-state index contributed by atoms with van der Waals surface area (Å²) in [6, 6.07) is 10.4. The zero-order chi connectivity index (χ0) is 21.7. The summed E-state index contributed by atoms with van der Waals surface area (Å²) in [7, 11) is 3.45. The molecule has 0 aliphatic rings. The second-order valence-corrected chi connectivity index (χ2v) is 7.30. The first-order chi connectivity index (χ1) is 15.0. The van der Waals surface area contributed by atoms with Crippen LogP contribution in [0.2, 0.25) is 0 Å². The fraction of sp³-hybridized carbons (Fsp3) is 0.174. The molecular weight excluding hydrogens is 398 g/mol. The van der Waals surface area contributed by atoms with E-state index in [-0.39, 0.29) is 18.0 Å². The maximum atomic E-state index is 11.9. The number of benzene rings is 2. The predicted octanol–water partition coefficient (Wildman–Crippen LogP) is 3.90. The maximum absolute atomic E-state index is 11.9. The number of aromatic amines is 1. The van der Waals surface area contributed by atoms with E-state index in [1.807, 2.05) is 36.1 Å². The minimum absolute atomic E-state index is 0.0876. The van der Waals surface area contributed by atoms with Crippen LogP contribution in [0.4, 0.5) is 0 Å². The summed E-state index contributed by atoms with van der Waals surface area (Å²) >= 11 is 0. The van der Waals surface area contributed by atoms with Crippen LogP contribution in [0, 0.1) is 0 Å². The van der Waals surface area contributed by atoms with Gasteiger partial charge in [-0.1, -0.05) is 6.07 Å². The van der Waals surface area contributed by atoms with Crippen molar-refractivity contribution in [1.82, 2.24) is 14.8 Å². The number of rotatable bonds is 4. The first-order valence-electron chi connectivity index (χ1n) is 9.67. The molecule has 0 aliphatic heterocycles. The summed E-state index contributed by atoms with van der Waals surface area (Å²) in [5, 5.41) is 4.79. The maximum Gasteiger partial charge on any atom is 0.302 e. The summed E-state index contributed by atoms with van der Waals surface area (Å²) in [4.78, 5) is 28.0. The number of aryl methyl sites for hydroxylation is 1. The number of fused-ring (bicyclic) bond motifs is 4. The molecule has 0 unspecified atom stereocenters. The second-order valence-electron chi connectivity index (χ2n) is 7.30. The molecule has 31 heavy (non-hydrogen) atoms. The fourth-order valence-corrected chi connectivity index (χ4v) is 3.87. The van der Waals surface area contributed by atoms with Crippen LogP contribution in [-0.4, -0.2) is 27.8 Å². The van der Waals surface area contributed by atoms with Gasteiger partial charge < -0.3 is 19.0 Å². The molecule has 3 aromatic heterocycles. The molecule has 8 heteroatoms. The van der Waals surface area contributed by atoms with Crippen molar-refractivity contribution < 1.29 is 18.7 Å². The Morgan fingerprint density at radius 1 is 1.19 bits per heavy atom. The minimum Gasteiger partial charge on any atom is -0.496 e. The quantitative estimate of drug-likeness (QED) is 0.445. The van der Waals surface area contributed by atoms with Gasteiger partial charge in [0.15, 0.2) is 16.7 Å². The Balaban J connectivity index is 1.84. The molecule has 0 saturated heterocycles. The first kappa shape index (κ1) is 18.9. The summed E-state index contributed by atoms with van der Waals surface area (Å²) < 4.78 is 18.6. The molecule has 1 N–H and O–H groups in total. The van der Waals surface area contributed by atoms with Gasteiger partial charge in [0.05, 0.1) is 7.11 Å². The summed E-state index contributed by atoms with van der Waals surface area (Å²) in [6.45, 7) is 1.45. The van der Waals surface area contributed by atoms with E-state index in [4.69, 9.17) is 18.9 Å². The van der Waals surface area contributed by atoms with Gasteiger partial charge in [0.2, 0.25) is 0 Å². The van der Waals surface area contributed by atoms with Crippen molar-refractivity contribution in [1.29, 1.82) is 0 Å². The van der Waals surface area contributed by atoms with E-state index in [1.165, 1.54) is 19.1 Å². The number of methoxy groups -OCH3 is 1. The second kappa shape index (κ2) is 7.02.